The zero-order valence-electron chi connectivity index (χ0n) is 5.84. The van der Waals surface area contributed by atoms with Crippen LogP contribution >= 0.6 is 25.3 Å². The summed E-state index contributed by atoms with van der Waals surface area (Å²) in [5.74, 6) is 2.09. The van der Waals surface area contributed by atoms with Crippen molar-refractivity contribution in [2.75, 3.05) is 11.5 Å². The molecule has 9 heavy (non-hydrogen) atoms. The number of thiol groups is 2. The van der Waals surface area contributed by atoms with Crippen molar-refractivity contribution >= 4 is 25.3 Å². The van der Waals surface area contributed by atoms with E-state index in [1.54, 1.807) is 0 Å². The first-order valence-electron chi connectivity index (χ1n) is 3.63. The van der Waals surface area contributed by atoms with Gasteiger partial charge in [0.25, 0.3) is 0 Å². The van der Waals surface area contributed by atoms with Crippen LogP contribution in [0.5, 0.6) is 0 Å². The minimum Gasteiger partial charge on any atom is -0.179 e. The molecule has 0 heterocycles. The highest BCUT2D eigenvalue weighted by molar-refractivity contribution is 7.80. The fourth-order valence-corrected chi connectivity index (χ4v) is 1.20. The molecule has 0 fully saturated rings. The highest BCUT2D eigenvalue weighted by Gasteiger charge is 1.86. The lowest BCUT2D eigenvalue weighted by atomic mass is 10.2. The second-order valence-corrected chi connectivity index (χ2v) is 3.11. The summed E-state index contributed by atoms with van der Waals surface area (Å²) in [5, 5.41) is 0. The molecule has 0 unspecified atom stereocenters. The van der Waals surface area contributed by atoms with Gasteiger partial charge in [0, 0.05) is 0 Å². The maximum atomic E-state index is 4.13. The van der Waals surface area contributed by atoms with Gasteiger partial charge in [-0.15, -0.1) is 0 Å². The van der Waals surface area contributed by atoms with Crippen LogP contribution in [0.1, 0.15) is 32.1 Å². The van der Waals surface area contributed by atoms with Crippen LogP contribution in [0.4, 0.5) is 0 Å². The zero-order valence-corrected chi connectivity index (χ0v) is 7.63. The molecule has 0 aliphatic carbocycles. The minimum absolute atomic E-state index is 1.04. The molecule has 0 radical (unpaired) electrons. The first-order valence-corrected chi connectivity index (χ1v) is 4.90. The molecule has 0 amide bonds. The van der Waals surface area contributed by atoms with E-state index in [1.165, 1.54) is 32.1 Å². The highest BCUT2D eigenvalue weighted by atomic mass is 32.1. The fourth-order valence-electron chi connectivity index (χ4n) is 0.754. The van der Waals surface area contributed by atoms with Crippen LogP contribution in [-0.2, 0) is 0 Å². The Hall–Kier alpha value is 0.700. The van der Waals surface area contributed by atoms with E-state index in [1.807, 2.05) is 0 Å². The van der Waals surface area contributed by atoms with Gasteiger partial charge in [-0.1, -0.05) is 19.3 Å². The molecule has 0 N–H and O–H groups in total. The van der Waals surface area contributed by atoms with Crippen molar-refractivity contribution in [2.45, 2.75) is 32.1 Å². The molecule has 0 bridgehead atoms. The molecule has 0 aliphatic rings. The Kier molecular flexibility index (Phi) is 9.38. The van der Waals surface area contributed by atoms with Crippen LogP contribution in [-0.4, -0.2) is 11.5 Å². The Morgan fingerprint density at radius 2 is 0.889 bits per heavy atom. The van der Waals surface area contributed by atoms with Crippen molar-refractivity contribution in [3.8, 4) is 0 Å². The maximum Gasteiger partial charge on any atom is -0.00979 e. The van der Waals surface area contributed by atoms with Crippen molar-refractivity contribution in [1.82, 2.24) is 0 Å². The lowest BCUT2D eigenvalue weighted by Gasteiger charge is -1.95. The number of hydrogen-bond acceptors (Lipinski definition) is 2. The van der Waals surface area contributed by atoms with Gasteiger partial charge in [-0.3, -0.25) is 0 Å². The van der Waals surface area contributed by atoms with Crippen LogP contribution in [0.2, 0.25) is 0 Å². The summed E-state index contributed by atoms with van der Waals surface area (Å²) in [4.78, 5) is 0. The van der Waals surface area contributed by atoms with Crippen molar-refractivity contribution in [1.29, 1.82) is 0 Å². The van der Waals surface area contributed by atoms with Gasteiger partial charge in [-0.25, -0.2) is 0 Å². The summed E-state index contributed by atoms with van der Waals surface area (Å²) >= 11 is 8.26. The van der Waals surface area contributed by atoms with Crippen LogP contribution < -0.4 is 0 Å². The fraction of sp³-hybridized carbons (Fsp3) is 1.00. The van der Waals surface area contributed by atoms with Gasteiger partial charge in [0.15, 0.2) is 0 Å². The second-order valence-electron chi connectivity index (χ2n) is 2.21. The van der Waals surface area contributed by atoms with Crippen molar-refractivity contribution in [3.05, 3.63) is 0 Å². The first-order chi connectivity index (χ1) is 4.41. The molecule has 0 spiro atoms. The van der Waals surface area contributed by atoms with Gasteiger partial charge in [0.2, 0.25) is 0 Å². The van der Waals surface area contributed by atoms with E-state index in [4.69, 9.17) is 0 Å². The molecule has 0 saturated carbocycles. The van der Waals surface area contributed by atoms with Crippen molar-refractivity contribution < 1.29 is 0 Å². The van der Waals surface area contributed by atoms with E-state index in [-0.39, 0.29) is 0 Å². The smallest absolute Gasteiger partial charge is 0.00979 e. The van der Waals surface area contributed by atoms with E-state index in [0.717, 1.165) is 11.5 Å². The lowest BCUT2D eigenvalue weighted by Crippen LogP contribution is -1.80. The SMILES string of the molecule is SCCCCCCCS. The average molecular weight is 164 g/mol. The Balaban J connectivity index is 2.60. The molecule has 56 valence electrons. The van der Waals surface area contributed by atoms with Crippen LogP contribution in [0, 0.1) is 0 Å². The molecular weight excluding hydrogens is 148 g/mol. The lowest BCUT2D eigenvalue weighted by molar-refractivity contribution is 0.663. The van der Waals surface area contributed by atoms with Gasteiger partial charge in [0.1, 0.15) is 0 Å². The third-order valence-electron chi connectivity index (χ3n) is 1.32. The third kappa shape index (κ3) is 8.70. The third-order valence-corrected chi connectivity index (χ3v) is 1.95. The standard InChI is InChI=1S/C7H16S2/c8-6-4-2-1-3-5-7-9/h8-9H,1-7H2. The van der Waals surface area contributed by atoms with Crippen LogP contribution in [0.15, 0.2) is 0 Å². The molecule has 2 heteroatoms. The molecule has 0 atom stereocenters. The topological polar surface area (TPSA) is 0 Å². The van der Waals surface area contributed by atoms with E-state index < -0.39 is 0 Å². The Labute approximate surface area is 69.2 Å². The largest absolute Gasteiger partial charge is 0.179 e. The zero-order chi connectivity index (χ0) is 6.95. The minimum atomic E-state index is 1.04. The molecule has 0 aromatic carbocycles. The van der Waals surface area contributed by atoms with Crippen molar-refractivity contribution in [2.24, 2.45) is 0 Å². The normalized spacial score (nSPS) is 10.0. The van der Waals surface area contributed by atoms with Gasteiger partial charge in [-0.05, 0) is 24.3 Å². The van der Waals surface area contributed by atoms with Crippen molar-refractivity contribution in [3.63, 3.8) is 0 Å². The second kappa shape index (κ2) is 8.70. The summed E-state index contributed by atoms with van der Waals surface area (Å²) in [6, 6.07) is 0. The predicted octanol–water partition coefficient (Wildman–Crippen LogP) is 2.80. The van der Waals surface area contributed by atoms with Gasteiger partial charge in [0.05, 0.1) is 0 Å². The van der Waals surface area contributed by atoms with Gasteiger partial charge >= 0.3 is 0 Å². The predicted molar refractivity (Wildman–Crippen MR) is 50.8 cm³/mol. The maximum absolute atomic E-state index is 4.13. The monoisotopic (exact) mass is 164 g/mol. The Morgan fingerprint density at radius 1 is 0.556 bits per heavy atom. The molecule has 0 saturated heterocycles. The Morgan fingerprint density at radius 3 is 1.22 bits per heavy atom. The van der Waals surface area contributed by atoms with Gasteiger partial charge < -0.3 is 0 Å². The summed E-state index contributed by atoms with van der Waals surface area (Å²) < 4.78 is 0. The summed E-state index contributed by atoms with van der Waals surface area (Å²) in [5.41, 5.74) is 0. The van der Waals surface area contributed by atoms with E-state index >= 15 is 0 Å². The quantitative estimate of drug-likeness (QED) is 0.438. The van der Waals surface area contributed by atoms with Crippen LogP contribution in [0.25, 0.3) is 0 Å². The highest BCUT2D eigenvalue weighted by Crippen LogP contribution is 2.03. The summed E-state index contributed by atoms with van der Waals surface area (Å²) in [7, 11) is 0. The molecule has 0 aromatic heterocycles. The molecule has 0 rings (SSSR count). The van der Waals surface area contributed by atoms with Crippen LogP contribution in [0.3, 0.4) is 0 Å². The molecule has 0 aromatic rings. The van der Waals surface area contributed by atoms with E-state index in [9.17, 15) is 0 Å². The number of hydrogen-bond donors (Lipinski definition) is 2. The Bertz CT molecular complexity index is 40.2. The number of rotatable bonds is 6. The molecule has 0 aliphatic heterocycles. The van der Waals surface area contributed by atoms with E-state index in [2.05, 4.69) is 25.3 Å². The molecule has 0 nitrogen and oxygen atoms in total. The van der Waals surface area contributed by atoms with Gasteiger partial charge in [-0.2, -0.15) is 25.3 Å². The summed E-state index contributed by atoms with van der Waals surface area (Å²) in [6.45, 7) is 0. The summed E-state index contributed by atoms with van der Waals surface area (Å²) in [6.07, 6.45) is 6.60. The average Bonchev–Trinajstić information content (AvgIpc) is 1.89. The first kappa shape index (κ1) is 9.70. The van der Waals surface area contributed by atoms with E-state index in [0.29, 0.717) is 0 Å². The molecular formula is C7H16S2. The number of unbranched alkanes of at least 4 members (excludes halogenated alkanes) is 4.